The quantitative estimate of drug-likeness (QED) is 0.714. The number of carbonyl (C=O) groups excluding carboxylic acids is 1. The highest BCUT2D eigenvalue weighted by atomic mass is 16.2. The highest BCUT2D eigenvalue weighted by Gasteiger charge is 2.26. The Balaban J connectivity index is 1.65. The number of hydrogen-bond donors (Lipinski definition) is 0. The van der Waals surface area contributed by atoms with Crippen LogP contribution in [-0.2, 0) is 19.4 Å². The molecule has 0 aliphatic carbocycles. The molecule has 0 fully saturated rings. The molecule has 1 aliphatic heterocycles. The Kier molecular flexibility index (Phi) is 4.57. The summed E-state index contributed by atoms with van der Waals surface area (Å²) in [4.78, 5) is 15.2. The first-order valence-corrected chi connectivity index (χ1v) is 9.26. The van der Waals surface area contributed by atoms with Crippen LogP contribution in [0.25, 0.3) is 0 Å². The molecule has 4 nitrogen and oxygen atoms in total. The van der Waals surface area contributed by atoms with Gasteiger partial charge in [0.05, 0.1) is 24.0 Å². The van der Waals surface area contributed by atoms with Gasteiger partial charge >= 0.3 is 0 Å². The molecule has 4 rings (SSSR count). The van der Waals surface area contributed by atoms with E-state index in [4.69, 9.17) is 0 Å². The molecule has 3 aromatic rings. The monoisotopic (exact) mass is 345 g/mol. The van der Waals surface area contributed by atoms with Gasteiger partial charge in [-0.15, -0.1) is 0 Å². The van der Waals surface area contributed by atoms with Crippen LogP contribution in [-0.4, -0.2) is 22.2 Å². The van der Waals surface area contributed by atoms with Crippen LogP contribution in [0.1, 0.15) is 40.5 Å². The first-order chi connectivity index (χ1) is 12.8. The van der Waals surface area contributed by atoms with Crippen LogP contribution in [0.3, 0.4) is 0 Å². The zero-order chi connectivity index (χ0) is 17.9. The van der Waals surface area contributed by atoms with Gasteiger partial charge in [0.1, 0.15) is 0 Å². The Hall–Kier alpha value is -2.88. The molecule has 2 heterocycles. The predicted molar refractivity (Wildman–Crippen MR) is 104 cm³/mol. The first kappa shape index (κ1) is 16.6. The van der Waals surface area contributed by atoms with E-state index in [1.807, 2.05) is 46.0 Å². The molecule has 1 amide bonds. The van der Waals surface area contributed by atoms with Crippen molar-refractivity contribution in [3.8, 4) is 0 Å². The molecular weight excluding hydrogens is 322 g/mol. The molecule has 1 aromatic heterocycles. The van der Waals surface area contributed by atoms with Crippen LogP contribution in [0.5, 0.6) is 0 Å². The summed E-state index contributed by atoms with van der Waals surface area (Å²) < 4.78 is 1.96. The molecule has 132 valence electrons. The van der Waals surface area contributed by atoms with Crippen LogP contribution < -0.4 is 4.90 Å². The molecule has 1 aliphatic rings. The Labute approximate surface area is 154 Å². The van der Waals surface area contributed by atoms with Gasteiger partial charge in [-0.05, 0) is 36.5 Å². The summed E-state index contributed by atoms with van der Waals surface area (Å²) in [6.07, 6.45) is 4.56. The molecule has 0 saturated heterocycles. The van der Waals surface area contributed by atoms with E-state index in [0.29, 0.717) is 6.54 Å². The second kappa shape index (κ2) is 7.16. The van der Waals surface area contributed by atoms with Crippen molar-refractivity contribution in [3.05, 3.63) is 83.2 Å². The molecule has 0 N–H and O–H groups in total. The minimum Gasteiger partial charge on any atom is -0.308 e. The number of aromatic nitrogens is 2. The van der Waals surface area contributed by atoms with Gasteiger partial charge in [-0.25, -0.2) is 0 Å². The van der Waals surface area contributed by atoms with Crippen LogP contribution in [0.4, 0.5) is 5.69 Å². The number of anilines is 1. The smallest absolute Gasteiger partial charge is 0.261 e. The molecule has 26 heavy (non-hydrogen) atoms. The summed E-state index contributed by atoms with van der Waals surface area (Å²) >= 11 is 0. The van der Waals surface area contributed by atoms with Gasteiger partial charge in [0.2, 0.25) is 0 Å². The maximum Gasteiger partial charge on any atom is 0.261 e. The number of hydrogen-bond acceptors (Lipinski definition) is 2. The summed E-state index contributed by atoms with van der Waals surface area (Å²) in [6.45, 7) is 3.54. The summed E-state index contributed by atoms with van der Waals surface area (Å²) in [5.74, 6) is 0.0633. The van der Waals surface area contributed by atoms with E-state index >= 15 is 0 Å². The van der Waals surface area contributed by atoms with Gasteiger partial charge in [-0.2, -0.15) is 5.10 Å². The Bertz CT molecular complexity index is 914. The van der Waals surface area contributed by atoms with Crippen molar-refractivity contribution in [1.29, 1.82) is 0 Å². The van der Waals surface area contributed by atoms with E-state index < -0.39 is 0 Å². The van der Waals surface area contributed by atoms with Gasteiger partial charge < -0.3 is 4.90 Å². The highest BCUT2D eigenvalue weighted by molar-refractivity contribution is 6.07. The summed E-state index contributed by atoms with van der Waals surface area (Å²) in [7, 11) is 0. The maximum atomic E-state index is 13.3. The topological polar surface area (TPSA) is 38.1 Å². The molecule has 0 atom stereocenters. The van der Waals surface area contributed by atoms with Gasteiger partial charge in [-0.1, -0.05) is 55.5 Å². The largest absolute Gasteiger partial charge is 0.308 e. The van der Waals surface area contributed by atoms with Gasteiger partial charge in [0, 0.05) is 12.2 Å². The molecular formula is C22H23N3O. The molecule has 0 unspecified atom stereocenters. The molecule has 0 radical (unpaired) electrons. The van der Waals surface area contributed by atoms with Crippen molar-refractivity contribution in [2.75, 3.05) is 11.4 Å². The second-order valence-corrected chi connectivity index (χ2v) is 6.69. The third kappa shape index (κ3) is 3.03. The summed E-state index contributed by atoms with van der Waals surface area (Å²) in [6, 6.07) is 18.5. The number of fused-ring (bicyclic) bond motifs is 1. The first-order valence-electron chi connectivity index (χ1n) is 9.26. The molecule has 0 spiro atoms. The summed E-state index contributed by atoms with van der Waals surface area (Å²) in [5, 5.41) is 4.52. The lowest BCUT2D eigenvalue weighted by atomic mass is 10.0. The third-order valence-electron chi connectivity index (χ3n) is 5.04. The second-order valence-electron chi connectivity index (χ2n) is 6.69. The van der Waals surface area contributed by atoms with E-state index in [9.17, 15) is 4.79 Å². The number of nitrogens with zero attached hydrogens (tertiary/aromatic N) is 3. The van der Waals surface area contributed by atoms with E-state index in [0.717, 1.165) is 42.8 Å². The maximum absolute atomic E-state index is 13.3. The van der Waals surface area contributed by atoms with Gasteiger partial charge in [0.15, 0.2) is 0 Å². The van der Waals surface area contributed by atoms with Crippen molar-refractivity contribution in [2.45, 2.75) is 32.7 Å². The molecule has 0 bridgehead atoms. The van der Waals surface area contributed by atoms with Gasteiger partial charge in [-0.3, -0.25) is 9.48 Å². The van der Waals surface area contributed by atoms with Crippen LogP contribution in [0.15, 0.2) is 60.8 Å². The number of aryl methyl sites for hydroxylation is 1. The van der Waals surface area contributed by atoms with E-state index in [1.54, 1.807) is 6.20 Å². The summed E-state index contributed by atoms with van der Waals surface area (Å²) in [5.41, 5.74) is 5.21. The third-order valence-corrected chi connectivity index (χ3v) is 5.04. The number of rotatable bonds is 4. The molecule has 0 saturated carbocycles. The molecule has 4 heteroatoms. The lowest BCUT2D eigenvalue weighted by molar-refractivity contribution is 0.0984. The van der Waals surface area contributed by atoms with Crippen LogP contribution in [0.2, 0.25) is 0 Å². The van der Waals surface area contributed by atoms with Crippen LogP contribution >= 0.6 is 0 Å². The minimum absolute atomic E-state index is 0.0633. The number of carbonyl (C=O) groups is 1. The fourth-order valence-electron chi connectivity index (χ4n) is 3.74. The Morgan fingerprint density at radius 1 is 1.08 bits per heavy atom. The average Bonchev–Trinajstić information content (AvgIpc) is 3.10. The fraction of sp³-hybridized carbons (Fsp3) is 0.273. The van der Waals surface area contributed by atoms with E-state index in [1.165, 1.54) is 11.1 Å². The van der Waals surface area contributed by atoms with E-state index in [2.05, 4.69) is 30.2 Å². The fourth-order valence-corrected chi connectivity index (χ4v) is 3.74. The number of benzene rings is 2. The van der Waals surface area contributed by atoms with Crippen molar-refractivity contribution in [2.24, 2.45) is 0 Å². The molecule has 2 aromatic carbocycles. The zero-order valence-electron chi connectivity index (χ0n) is 15.1. The normalized spacial score (nSPS) is 13.5. The lowest BCUT2D eigenvalue weighted by Gasteiger charge is -2.29. The minimum atomic E-state index is 0.0633. The average molecular weight is 345 g/mol. The van der Waals surface area contributed by atoms with Crippen LogP contribution in [0, 0.1) is 0 Å². The predicted octanol–water partition coefficient (Wildman–Crippen LogP) is 4.09. The van der Waals surface area contributed by atoms with Crippen molar-refractivity contribution < 1.29 is 4.79 Å². The highest BCUT2D eigenvalue weighted by Crippen LogP contribution is 2.28. The SMILES string of the molecule is CCc1c(C(=O)N2CCCc3ccccc32)cnn1Cc1ccccc1. The van der Waals surface area contributed by atoms with Crippen molar-refractivity contribution in [3.63, 3.8) is 0 Å². The van der Waals surface area contributed by atoms with E-state index in [-0.39, 0.29) is 5.91 Å². The lowest BCUT2D eigenvalue weighted by Crippen LogP contribution is -2.35. The van der Waals surface area contributed by atoms with Crippen molar-refractivity contribution >= 4 is 11.6 Å². The Morgan fingerprint density at radius 2 is 1.85 bits per heavy atom. The standard InChI is InChI=1S/C22H23N3O/c1-2-20-19(15-23-25(20)16-17-9-4-3-5-10-17)22(26)24-14-8-12-18-11-6-7-13-21(18)24/h3-7,9-11,13,15H,2,8,12,14,16H2,1H3. The number of para-hydroxylation sites is 1. The zero-order valence-corrected chi connectivity index (χ0v) is 15.1. The number of amides is 1. The Morgan fingerprint density at radius 3 is 2.65 bits per heavy atom. The van der Waals surface area contributed by atoms with Gasteiger partial charge in [0.25, 0.3) is 5.91 Å². The van der Waals surface area contributed by atoms with Crippen molar-refractivity contribution in [1.82, 2.24) is 9.78 Å².